The molecular formula is C5H4Br2N2O. The van der Waals surface area contributed by atoms with Gasteiger partial charge in [-0.05, 0) is 31.9 Å². The Labute approximate surface area is 74.3 Å². The number of aromatic nitrogens is 2. The van der Waals surface area contributed by atoms with Crippen LogP contribution in [0.1, 0.15) is 0 Å². The van der Waals surface area contributed by atoms with E-state index >= 15 is 0 Å². The van der Waals surface area contributed by atoms with Crippen LogP contribution in [-0.4, -0.2) is 9.55 Å². The minimum Gasteiger partial charge on any atom is -0.302 e. The van der Waals surface area contributed by atoms with Crippen molar-refractivity contribution in [1.29, 1.82) is 0 Å². The molecule has 0 aliphatic rings. The highest BCUT2D eigenvalue weighted by Gasteiger charge is 2.00. The molecule has 10 heavy (non-hydrogen) atoms. The van der Waals surface area contributed by atoms with Crippen LogP contribution in [0.3, 0.4) is 0 Å². The van der Waals surface area contributed by atoms with Crippen molar-refractivity contribution in [3.05, 3.63) is 25.8 Å². The lowest BCUT2D eigenvalue weighted by atomic mass is 10.7. The van der Waals surface area contributed by atoms with Crippen molar-refractivity contribution in [2.75, 3.05) is 0 Å². The molecule has 1 heterocycles. The van der Waals surface area contributed by atoms with Gasteiger partial charge in [0, 0.05) is 7.05 Å². The zero-order valence-corrected chi connectivity index (χ0v) is 8.31. The summed E-state index contributed by atoms with van der Waals surface area (Å²) in [6.45, 7) is 0. The molecule has 0 N–H and O–H groups in total. The normalized spacial score (nSPS) is 9.90. The maximum Gasteiger partial charge on any atom is 0.284 e. The maximum atomic E-state index is 11.0. The van der Waals surface area contributed by atoms with E-state index in [1.807, 2.05) is 0 Å². The number of halogens is 2. The minimum atomic E-state index is -0.144. The molecule has 0 spiro atoms. The molecule has 0 aromatic carbocycles. The summed E-state index contributed by atoms with van der Waals surface area (Å²) in [5.41, 5.74) is -0.144. The van der Waals surface area contributed by atoms with Crippen LogP contribution >= 0.6 is 31.9 Å². The summed E-state index contributed by atoms with van der Waals surface area (Å²) in [6, 6.07) is 0. The average Bonchev–Trinajstić information content (AvgIpc) is 1.93. The fourth-order valence-corrected chi connectivity index (χ4v) is 1.12. The van der Waals surface area contributed by atoms with Gasteiger partial charge in [-0.15, -0.1) is 0 Å². The van der Waals surface area contributed by atoms with Gasteiger partial charge in [-0.2, -0.15) is 0 Å². The topological polar surface area (TPSA) is 34.9 Å². The molecule has 1 aromatic heterocycles. The van der Waals surface area contributed by atoms with Crippen molar-refractivity contribution in [2.24, 2.45) is 7.05 Å². The van der Waals surface area contributed by atoms with Crippen LogP contribution in [0.4, 0.5) is 0 Å². The fourth-order valence-electron chi connectivity index (χ4n) is 0.487. The summed E-state index contributed by atoms with van der Waals surface area (Å²) in [7, 11) is 1.67. The second-order valence-corrected chi connectivity index (χ2v) is 3.30. The molecule has 0 unspecified atom stereocenters. The second-order valence-electron chi connectivity index (χ2n) is 1.74. The molecule has 0 aliphatic carbocycles. The molecule has 0 saturated heterocycles. The van der Waals surface area contributed by atoms with Crippen LogP contribution < -0.4 is 5.56 Å². The van der Waals surface area contributed by atoms with Gasteiger partial charge in [0.1, 0.15) is 4.60 Å². The smallest absolute Gasteiger partial charge is 0.284 e. The van der Waals surface area contributed by atoms with E-state index in [9.17, 15) is 4.79 Å². The summed E-state index contributed by atoms with van der Waals surface area (Å²) in [5, 5.41) is 0. The standard InChI is InChI=1S/C5H4Br2N2O/c1-9-3(6)2-8-4(7)5(9)10/h2H,1H3. The van der Waals surface area contributed by atoms with E-state index in [1.165, 1.54) is 4.57 Å². The summed E-state index contributed by atoms with van der Waals surface area (Å²) in [4.78, 5) is 14.8. The van der Waals surface area contributed by atoms with Gasteiger partial charge in [0.2, 0.25) is 0 Å². The predicted molar refractivity (Wildman–Crippen MR) is 44.9 cm³/mol. The van der Waals surface area contributed by atoms with Crippen molar-refractivity contribution in [3.63, 3.8) is 0 Å². The summed E-state index contributed by atoms with van der Waals surface area (Å²) >= 11 is 6.17. The van der Waals surface area contributed by atoms with Crippen LogP contribution in [0.2, 0.25) is 0 Å². The van der Waals surface area contributed by atoms with Gasteiger partial charge in [-0.25, -0.2) is 4.98 Å². The third-order valence-corrected chi connectivity index (χ3v) is 2.37. The zero-order chi connectivity index (χ0) is 7.72. The van der Waals surface area contributed by atoms with Crippen molar-refractivity contribution >= 4 is 31.9 Å². The van der Waals surface area contributed by atoms with E-state index in [0.717, 1.165) is 0 Å². The average molecular weight is 268 g/mol. The molecule has 0 atom stereocenters. The number of hydrogen-bond donors (Lipinski definition) is 0. The monoisotopic (exact) mass is 266 g/mol. The largest absolute Gasteiger partial charge is 0.302 e. The molecule has 0 bridgehead atoms. The first-order chi connectivity index (χ1) is 4.63. The molecule has 0 radical (unpaired) electrons. The van der Waals surface area contributed by atoms with Crippen LogP contribution in [0, 0.1) is 0 Å². The molecule has 1 aromatic rings. The van der Waals surface area contributed by atoms with Crippen LogP contribution in [0.5, 0.6) is 0 Å². The van der Waals surface area contributed by atoms with Gasteiger partial charge in [0.15, 0.2) is 4.60 Å². The van der Waals surface area contributed by atoms with Gasteiger partial charge < -0.3 is 4.57 Å². The summed E-state index contributed by atoms with van der Waals surface area (Å²) < 4.78 is 2.45. The SMILES string of the molecule is Cn1c(Br)cnc(Br)c1=O. The third kappa shape index (κ3) is 1.29. The Morgan fingerprint density at radius 2 is 2.20 bits per heavy atom. The highest BCUT2D eigenvalue weighted by atomic mass is 79.9. The summed E-state index contributed by atoms with van der Waals surface area (Å²) in [5.74, 6) is 0. The van der Waals surface area contributed by atoms with E-state index in [2.05, 4.69) is 36.8 Å². The Kier molecular flexibility index (Phi) is 2.25. The van der Waals surface area contributed by atoms with Gasteiger partial charge in [0.05, 0.1) is 6.20 Å². The summed E-state index contributed by atoms with van der Waals surface area (Å²) in [6.07, 6.45) is 1.56. The van der Waals surface area contributed by atoms with Crippen LogP contribution in [0.15, 0.2) is 20.2 Å². The Morgan fingerprint density at radius 3 is 2.70 bits per heavy atom. The lowest BCUT2D eigenvalue weighted by Gasteiger charge is -1.98. The first-order valence-corrected chi connectivity index (χ1v) is 4.08. The molecule has 5 heteroatoms. The first-order valence-electron chi connectivity index (χ1n) is 2.50. The molecule has 0 amide bonds. The maximum absolute atomic E-state index is 11.0. The molecule has 54 valence electrons. The van der Waals surface area contributed by atoms with E-state index in [1.54, 1.807) is 13.2 Å². The van der Waals surface area contributed by atoms with Crippen molar-refractivity contribution in [1.82, 2.24) is 9.55 Å². The molecular weight excluding hydrogens is 264 g/mol. The van der Waals surface area contributed by atoms with Crippen molar-refractivity contribution in [2.45, 2.75) is 0 Å². The van der Waals surface area contributed by atoms with E-state index in [4.69, 9.17) is 0 Å². The highest BCUT2D eigenvalue weighted by Crippen LogP contribution is 2.05. The van der Waals surface area contributed by atoms with Gasteiger partial charge in [-0.3, -0.25) is 4.79 Å². The Hall–Kier alpha value is -0.160. The van der Waals surface area contributed by atoms with Crippen LogP contribution in [-0.2, 0) is 7.05 Å². The Balaban J connectivity index is 3.50. The van der Waals surface area contributed by atoms with Crippen molar-refractivity contribution in [3.8, 4) is 0 Å². The highest BCUT2D eigenvalue weighted by molar-refractivity contribution is 9.10. The zero-order valence-electron chi connectivity index (χ0n) is 5.14. The van der Waals surface area contributed by atoms with Gasteiger partial charge >= 0.3 is 0 Å². The molecule has 0 aliphatic heterocycles. The van der Waals surface area contributed by atoms with Gasteiger partial charge in [0.25, 0.3) is 5.56 Å². The Morgan fingerprint density at radius 1 is 1.60 bits per heavy atom. The Bertz CT molecular complexity index is 307. The third-order valence-electron chi connectivity index (χ3n) is 1.09. The minimum absolute atomic E-state index is 0.144. The fraction of sp³-hybridized carbons (Fsp3) is 0.200. The number of nitrogens with zero attached hydrogens (tertiary/aromatic N) is 2. The van der Waals surface area contributed by atoms with E-state index in [-0.39, 0.29) is 5.56 Å². The second kappa shape index (κ2) is 2.84. The van der Waals surface area contributed by atoms with Gasteiger partial charge in [-0.1, -0.05) is 0 Å². The molecule has 0 fully saturated rings. The lowest BCUT2D eigenvalue weighted by molar-refractivity contribution is 0.805. The number of hydrogen-bond acceptors (Lipinski definition) is 2. The van der Waals surface area contributed by atoms with Crippen LogP contribution in [0.25, 0.3) is 0 Å². The lowest BCUT2D eigenvalue weighted by Crippen LogP contribution is -2.18. The first kappa shape index (κ1) is 7.94. The van der Waals surface area contributed by atoms with Crippen molar-refractivity contribution < 1.29 is 0 Å². The van der Waals surface area contributed by atoms with E-state index in [0.29, 0.717) is 9.21 Å². The predicted octanol–water partition coefficient (Wildman–Crippen LogP) is 1.31. The number of rotatable bonds is 0. The molecule has 1 rings (SSSR count). The quantitative estimate of drug-likeness (QED) is 0.710. The molecule has 0 saturated carbocycles. The van der Waals surface area contributed by atoms with E-state index < -0.39 is 0 Å². The molecule has 3 nitrogen and oxygen atoms in total.